The Kier molecular flexibility index (Phi) is 5.36. The van der Waals surface area contributed by atoms with Crippen LogP contribution >= 0.6 is 0 Å². The van der Waals surface area contributed by atoms with Gasteiger partial charge in [-0.15, -0.1) is 5.10 Å². The van der Waals surface area contributed by atoms with Crippen LogP contribution in [0.3, 0.4) is 0 Å². The normalized spacial score (nSPS) is 16.5. The third kappa shape index (κ3) is 4.33. The van der Waals surface area contributed by atoms with Crippen LogP contribution in [0.15, 0.2) is 0 Å². The highest BCUT2D eigenvalue weighted by atomic mass is 16.2. The van der Waals surface area contributed by atoms with E-state index in [1.807, 2.05) is 0 Å². The fraction of sp³-hybridized carbons (Fsp3) is 0.786. The van der Waals surface area contributed by atoms with Crippen LogP contribution in [-0.4, -0.2) is 27.6 Å². The minimum absolute atomic E-state index is 0.158. The third-order valence-electron chi connectivity index (χ3n) is 3.78. The Morgan fingerprint density at radius 1 is 1.37 bits per heavy atom. The van der Waals surface area contributed by atoms with Crippen molar-refractivity contribution in [2.45, 2.75) is 58.3 Å². The first-order chi connectivity index (χ1) is 9.29. The maximum absolute atomic E-state index is 11.8. The number of H-pyrrole nitrogens is 1. The Morgan fingerprint density at radius 2 is 2.16 bits per heavy atom. The van der Waals surface area contributed by atoms with E-state index in [2.05, 4.69) is 27.4 Å². The van der Waals surface area contributed by atoms with Crippen LogP contribution in [0.2, 0.25) is 0 Å². The summed E-state index contributed by atoms with van der Waals surface area (Å²) in [5.41, 5.74) is 0. The summed E-state index contributed by atoms with van der Waals surface area (Å²) in [4.78, 5) is 16.0. The molecule has 5 heteroatoms. The fourth-order valence-electron chi connectivity index (χ4n) is 2.69. The lowest BCUT2D eigenvalue weighted by atomic mass is 9.87. The zero-order chi connectivity index (χ0) is 13.5. The van der Waals surface area contributed by atoms with Gasteiger partial charge in [0.05, 0.1) is 0 Å². The molecule has 0 saturated heterocycles. The molecule has 0 aliphatic heterocycles. The smallest absolute Gasteiger partial charge is 0.290 e. The second-order valence-corrected chi connectivity index (χ2v) is 5.40. The van der Waals surface area contributed by atoms with Crippen molar-refractivity contribution < 1.29 is 4.79 Å². The molecule has 2 rings (SSSR count). The average molecular weight is 264 g/mol. The number of hydrogen-bond donors (Lipinski definition) is 2. The van der Waals surface area contributed by atoms with Crippen molar-refractivity contribution in [1.82, 2.24) is 20.5 Å². The molecule has 1 amide bonds. The van der Waals surface area contributed by atoms with E-state index in [-0.39, 0.29) is 11.7 Å². The van der Waals surface area contributed by atoms with Gasteiger partial charge in [0.25, 0.3) is 5.91 Å². The molecule has 2 N–H and O–H groups in total. The minimum atomic E-state index is -0.158. The molecule has 0 bridgehead atoms. The first kappa shape index (κ1) is 14.0. The van der Waals surface area contributed by atoms with Crippen molar-refractivity contribution >= 4 is 5.91 Å². The third-order valence-corrected chi connectivity index (χ3v) is 3.78. The molecule has 19 heavy (non-hydrogen) atoms. The summed E-state index contributed by atoms with van der Waals surface area (Å²) >= 11 is 0. The summed E-state index contributed by atoms with van der Waals surface area (Å²) < 4.78 is 0. The predicted molar refractivity (Wildman–Crippen MR) is 73.9 cm³/mol. The summed E-state index contributed by atoms with van der Waals surface area (Å²) in [6.07, 6.45) is 9.62. The highest BCUT2D eigenvalue weighted by molar-refractivity contribution is 5.90. The van der Waals surface area contributed by atoms with Gasteiger partial charge in [-0.1, -0.05) is 39.0 Å². The first-order valence-corrected chi connectivity index (χ1v) is 7.49. The molecular formula is C14H24N4O. The molecule has 1 aromatic rings. The van der Waals surface area contributed by atoms with E-state index in [0.29, 0.717) is 0 Å². The molecule has 0 atom stereocenters. The Labute approximate surface area is 114 Å². The Bertz CT molecular complexity index is 396. The van der Waals surface area contributed by atoms with Gasteiger partial charge in [0.2, 0.25) is 5.82 Å². The van der Waals surface area contributed by atoms with Gasteiger partial charge in [-0.2, -0.15) is 0 Å². The number of nitrogens with zero attached hydrogens (tertiary/aromatic N) is 2. The number of aromatic amines is 1. The first-order valence-electron chi connectivity index (χ1n) is 7.49. The van der Waals surface area contributed by atoms with E-state index < -0.39 is 0 Å². The molecule has 1 saturated carbocycles. The molecule has 5 nitrogen and oxygen atoms in total. The lowest BCUT2D eigenvalue weighted by molar-refractivity contribution is 0.0940. The number of hydrogen-bond acceptors (Lipinski definition) is 3. The topological polar surface area (TPSA) is 70.7 Å². The van der Waals surface area contributed by atoms with Crippen LogP contribution in [0.25, 0.3) is 0 Å². The number of aromatic nitrogens is 3. The van der Waals surface area contributed by atoms with Crippen molar-refractivity contribution in [3.63, 3.8) is 0 Å². The largest absolute Gasteiger partial charge is 0.349 e. The summed E-state index contributed by atoms with van der Waals surface area (Å²) in [6, 6.07) is 0. The summed E-state index contributed by atoms with van der Waals surface area (Å²) in [5, 5.41) is 9.68. The van der Waals surface area contributed by atoms with Gasteiger partial charge >= 0.3 is 0 Å². The molecule has 0 unspecified atom stereocenters. The standard InChI is InChI=1S/C14H24N4O/c1-2-6-12-16-13(18-17-12)14(19)15-10-9-11-7-4-3-5-8-11/h11H,2-10H2,1H3,(H,15,19)(H,16,17,18). The monoisotopic (exact) mass is 264 g/mol. The number of aryl methyl sites for hydroxylation is 1. The van der Waals surface area contributed by atoms with Crippen molar-refractivity contribution in [1.29, 1.82) is 0 Å². The van der Waals surface area contributed by atoms with Gasteiger partial charge in [-0.25, -0.2) is 4.98 Å². The lowest BCUT2D eigenvalue weighted by Crippen LogP contribution is -2.27. The van der Waals surface area contributed by atoms with Gasteiger partial charge in [-0.05, 0) is 18.8 Å². The zero-order valence-corrected chi connectivity index (χ0v) is 11.7. The molecule has 1 aliphatic rings. The number of carbonyl (C=O) groups is 1. The molecule has 0 radical (unpaired) electrons. The lowest BCUT2D eigenvalue weighted by Gasteiger charge is -2.21. The van der Waals surface area contributed by atoms with Crippen LogP contribution in [-0.2, 0) is 6.42 Å². The molecule has 0 aromatic carbocycles. The van der Waals surface area contributed by atoms with Crippen LogP contribution < -0.4 is 5.32 Å². The van der Waals surface area contributed by atoms with E-state index >= 15 is 0 Å². The molecule has 106 valence electrons. The number of amides is 1. The molecule has 1 fully saturated rings. The van der Waals surface area contributed by atoms with E-state index in [4.69, 9.17) is 0 Å². The maximum Gasteiger partial charge on any atom is 0.290 e. The summed E-state index contributed by atoms with van der Waals surface area (Å²) in [5.74, 6) is 1.69. The van der Waals surface area contributed by atoms with Crippen molar-refractivity contribution in [2.24, 2.45) is 5.92 Å². The van der Waals surface area contributed by atoms with E-state index in [1.54, 1.807) is 0 Å². The Hall–Kier alpha value is -1.39. The maximum atomic E-state index is 11.8. The highest BCUT2D eigenvalue weighted by Gasteiger charge is 2.15. The highest BCUT2D eigenvalue weighted by Crippen LogP contribution is 2.25. The van der Waals surface area contributed by atoms with Crippen molar-refractivity contribution in [3.8, 4) is 0 Å². The SMILES string of the molecule is CCCc1nc(C(=O)NCCC2CCCCC2)n[nH]1. The fourth-order valence-corrected chi connectivity index (χ4v) is 2.69. The van der Waals surface area contributed by atoms with Gasteiger partial charge in [-0.3, -0.25) is 9.89 Å². The van der Waals surface area contributed by atoms with Gasteiger partial charge in [0.1, 0.15) is 5.82 Å². The number of rotatable bonds is 6. The number of carbonyl (C=O) groups excluding carboxylic acids is 1. The second-order valence-electron chi connectivity index (χ2n) is 5.40. The summed E-state index contributed by atoms with van der Waals surface area (Å²) in [6.45, 7) is 2.81. The Balaban J connectivity index is 1.70. The van der Waals surface area contributed by atoms with Crippen molar-refractivity contribution in [2.75, 3.05) is 6.54 Å². The average Bonchev–Trinajstić information content (AvgIpc) is 2.89. The molecule has 1 heterocycles. The van der Waals surface area contributed by atoms with Crippen LogP contribution in [0, 0.1) is 5.92 Å². The molecule has 1 aliphatic carbocycles. The second kappa shape index (κ2) is 7.26. The van der Waals surface area contributed by atoms with E-state index in [0.717, 1.165) is 37.5 Å². The minimum Gasteiger partial charge on any atom is -0.349 e. The molecular weight excluding hydrogens is 240 g/mol. The number of nitrogens with one attached hydrogen (secondary N) is 2. The van der Waals surface area contributed by atoms with E-state index in [9.17, 15) is 4.79 Å². The van der Waals surface area contributed by atoms with Crippen LogP contribution in [0.1, 0.15) is 68.3 Å². The molecule has 0 spiro atoms. The Morgan fingerprint density at radius 3 is 2.89 bits per heavy atom. The van der Waals surface area contributed by atoms with Gasteiger partial charge in [0.15, 0.2) is 0 Å². The zero-order valence-electron chi connectivity index (χ0n) is 11.7. The quantitative estimate of drug-likeness (QED) is 0.829. The van der Waals surface area contributed by atoms with Gasteiger partial charge in [0, 0.05) is 13.0 Å². The van der Waals surface area contributed by atoms with Crippen LogP contribution in [0.4, 0.5) is 0 Å². The van der Waals surface area contributed by atoms with Gasteiger partial charge < -0.3 is 5.32 Å². The van der Waals surface area contributed by atoms with Crippen LogP contribution in [0.5, 0.6) is 0 Å². The summed E-state index contributed by atoms with van der Waals surface area (Å²) in [7, 11) is 0. The van der Waals surface area contributed by atoms with E-state index in [1.165, 1.54) is 32.1 Å². The molecule has 1 aromatic heterocycles. The van der Waals surface area contributed by atoms with Crippen molar-refractivity contribution in [3.05, 3.63) is 11.6 Å². The predicted octanol–water partition coefficient (Wildman–Crippen LogP) is 2.46.